The quantitative estimate of drug-likeness (QED) is 0.860. The van der Waals surface area contributed by atoms with Crippen LogP contribution in [0.25, 0.3) is 0 Å². The van der Waals surface area contributed by atoms with Crippen LogP contribution in [0.4, 0.5) is 0 Å². The molecule has 0 saturated carbocycles. The lowest BCUT2D eigenvalue weighted by Crippen LogP contribution is -2.29. The predicted molar refractivity (Wildman–Crippen MR) is 84.5 cm³/mol. The number of rotatable bonds is 6. The zero-order valence-corrected chi connectivity index (χ0v) is 12.7. The Bertz CT molecular complexity index is 623. The van der Waals surface area contributed by atoms with Crippen molar-refractivity contribution in [3.8, 4) is 0 Å². The summed E-state index contributed by atoms with van der Waals surface area (Å²) in [5.74, 6) is -0.362. The number of nitrogens with one attached hydrogen (secondary N) is 1. The third-order valence-electron chi connectivity index (χ3n) is 3.15. The first-order valence-corrected chi connectivity index (χ1v) is 7.64. The van der Waals surface area contributed by atoms with Gasteiger partial charge in [-0.3, -0.25) is 9.59 Å². The zero-order chi connectivity index (χ0) is 15.2. The molecule has 0 bridgehead atoms. The van der Waals surface area contributed by atoms with Crippen LogP contribution in [0.15, 0.2) is 41.8 Å². The highest BCUT2D eigenvalue weighted by atomic mass is 32.1. The summed E-state index contributed by atoms with van der Waals surface area (Å²) in [6.07, 6.45) is 0.944. The minimum absolute atomic E-state index is 0.184. The molecule has 5 heteroatoms. The Morgan fingerprint density at radius 1 is 1.24 bits per heavy atom. The molecule has 0 spiro atoms. The Hall–Kier alpha value is -2.14. The molecule has 1 heterocycles. The maximum atomic E-state index is 12.1. The van der Waals surface area contributed by atoms with Gasteiger partial charge in [-0.15, -0.1) is 11.3 Å². The second-order valence-corrected chi connectivity index (χ2v) is 6.08. The summed E-state index contributed by atoms with van der Waals surface area (Å²) in [6.45, 7) is 2.69. The second kappa shape index (κ2) is 7.04. The van der Waals surface area contributed by atoms with Gasteiger partial charge >= 0.3 is 0 Å². The maximum Gasteiger partial charge on any atom is 0.251 e. The number of carbonyl (C=O) groups excluding carboxylic acids is 2. The Morgan fingerprint density at radius 3 is 2.67 bits per heavy atom. The van der Waals surface area contributed by atoms with Crippen LogP contribution in [-0.4, -0.2) is 18.4 Å². The summed E-state index contributed by atoms with van der Waals surface area (Å²) in [5.41, 5.74) is 6.01. The lowest BCUT2D eigenvalue weighted by Gasteiger charge is -2.12. The molecule has 2 rings (SSSR count). The largest absolute Gasteiger partial charge is 0.366 e. The number of primary amides is 1. The summed E-state index contributed by atoms with van der Waals surface area (Å²) in [4.78, 5) is 24.5. The van der Waals surface area contributed by atoms with E-state index in [0.717, 1.165) is 6.42 Å². The highest BCUT2D eigenvalue weighted by Crippen LogP contribution is 2.14. The van der Waals surface area contributed by atoms with Crippen molar-refractivity contribution < 1.29 is 9.59 Å². The molecule has 2 aromatic rings. The summed E-state index contributed by atoms with van der Waals surface area (Å²) in [7, 11) is 0. The van der Waals surface area contributed by atoms with E-state index in [2.05, 4.69) is 23.7 Å². The number of nitrogens with two attached hydrogens (primary N) is 1. The summed E-state index contributed by atoms with van der Waals surface area (Å²) in [5, 5.41) is 4.94. The molecule has 0 fully saturated rings. The van der Waals surface area contributed by atoms with Gasteiger partial charge in [0.05, 0.1) is 0 Å². The molecule has 1 aromatic heterocycles. The molecule has 1 unspecified atom stereocenters. The first-order chi connectivity index (χ1) is 10.1. The van der Waals surface area contributed by atoms with Crippen LogP contribution in [-0.2, 0) is 6.42 Å². The normalized spacial score (nSPS) is 11.9. The molecule has 110 valence electrons. The van der Waals surface area contributed by atoms with Crippen LogP contribution >= 0.6 is 11.3 Å². The summed E-state index contributed by atoms with van der Waals surface area (Å²) in [6, 6.07) is 10.6. The number of carbonyl (C=O) groups is 2. The van der Waals surface area contributed by atoms with Crippen LogP contribution in [0.5, 0.6) is 0 Å². The van der Waals surface area contributed by atoms with Crippen LogP contribution < -0.4 is 11.1 Å². The summed E-state index contributed by atoms with van der Waals surface area (Å²) < 4.78 is 0. The SMILES string of the molecule is CC(CNC(=O)c1cccc(C(N)=O)c1)Cc1cccs1. The average Bonchev–Trinajstić information content (AvgIpc) is 2.97. The molecular weight excluding hydrogens is 284 g/mol. The van der Waals surface area contributed by atoms with E-state index in [9.17, 15) is 9.59 Å². The zero-order valence-electron chi connectivity index (χ0n) is 11.8. The van der Waals surface area contributed by atoms with Gasteiger partial charge in [0.1, 0.15) is 0 Å². The minimum Gasteiger partial charge on any atom is -0.366 e. The molecule has 0 radical (unpaired) electrons. The van der Waals surface area contributed by atoms with Gasteiger partial charge in [-0.2, -0.15) is 0 Å². The van der Waals surface area contributed by atoms with Crippen molar-refractivity contribution in [1.29, 1.82) is 0 Å². The first-order valence-electron chi connectivity index (χ1n) is 6.76. The van der Waals surface area contributed by atoms with E-state index < -0.39 is 5.91 Å². The van der Waals surface area contributed by atoms with Crippen LogP contribution in [0.1, 0.15) is 32.5 Å². The molecule has 0 aliphatic rings. The molecule has 0 aliphatic carbocycles. The van der Waals surface area contributed by atoms with Gasteiger partial charge < -0.3 is 11.1 Å². The third kappa shape index (κ3) is 4.43. The lowest BCUT2D eigenvalue weighted by molar-refractivity contribution is 0.0948. The van der Waals surface area contributed by atoms with Gasteiger partial charge in [0.15, 0.2) is 0 Å². The van der Waals surface area contributed by atoms with Gasteiger partial charge in [-0.25, -0.2) is 0 Å². The van der Waals surface area contributed by atoms with E-state index in [0.29, 0.717) is 23.6 Å². The molecular formula is C16H18N2O2S. The number of thiophene rings is 1. The number of benzene rings is 1. The van der Waals surface area contributed by atoms with Crippen molar-refractivity contribution in [2.24, 2.45) is 11.7 Å². The maximum absolute atomic E-state index is 12.1. The smallest absolute Gasteiger partial charge is 0.251 e. The Kier molecular flexibility index (Phi) is 5.11. The Balaban J connectivity index is 1.89. The number of amides is 2. The standard InChI is InChI=1S/C16H18N2O2S/c1-11(8-14-6-3-7-21-14)10-18-16(20)13-5-2-4-12(9-13)15(17)19/h2-7,9,11H,8,10H2,1H3,(H2,17,19)(H,18,20). The van der Waals surface area contributed by atoms with Crippen LogP contribution in [0, 0.1) is 5.92 Å². The van der Waals surface area contributed by atoms with Gasteiger partial charge in [0.25, 0.3) is 5.91 Å². The molecule has 0 aliphatic heterocycles. The minimum atomic E-state index is -0.532. The van der Waals surface area contributed by atoms with E-state index in [-0.39, 0.29) is 5.91 Å². The fourth-order valence-electron chi connectivity index (χ4n) is 2.03. The van der Waals surface area contributed by atoms with Crippen molar-refractivity contribution in [3.63, 3.8) is 0 Å². The van der Waals surface area contributed by atoms with Crippen molar-refractivity contribution >= 4 is 23.2 Å². The van der Waals surface area contributed by atoms with Crippen molar-refractivity contribution in [3.05, 3.63) is 57.8 Å². The number of hydrogen-bond acceptors (Lipinski definition) is 3. The van der Waals surface area contributed by atoms with Crippen LogP contribution in [0.3, 0.4) is 0 Å². The molecule has 21 heavy (non-hydrogen) atoms. The lowest BCUT2D eigenvalue weighted by atomic mass is 10.1. The number of hydrogen-bond donors (Lipinski definition) is 2. The van der Waals surface area contributed by atoms with Gasteiger partial charge in [-0.1, -0.05) is 19.1 Å². The van der Waals surface area contributed by atoms with E-state index in [1.807, 2.05) is 6.07 Å². The Labute approximate surface area is 128 Å². The topological polar surface area (TPSA) is 72.2 Å². The molecule has 4 nitrogen and oxygen atoms in total. The third-order valence-corrected chi connectivity index (χ3v) is 4.05. The van der Waals surface area contributed by atoms with Gasteiger partial charge in [0.2, 0.25) is 5.91 Å². The van der Waals surface area contributed by atoms with Gasteiger partial charge in [0, 0.05) is 22.5 Å². The molecule has 2 amide bonds. The van der Waals surface area contributed by atoms with Crippen molar-refractivity contribution in [2.75, 3.05) is 6.54 Å². The van der Waals surface area contributed by atoms with E-state index >= 15 is 0 Å². The predicted octanol–water partition coefficient (Wildman–Crippen LogP) is 2.46. The highest BCUT2D eigenvalue weighted by Gasteiger charge is 2.10. The van der Waals surface area contributed by atoms with Crippen LogP contribution in [0.2, 0.25) is 0 Å². The van der Waals surface area contributed by atoms with E-state index in [1.165, 1.54) is 10.9 Å². The molecule has 0 saturated heterocycles. The fourth-order valence-corrected chi connectivity index (χ4v) is 2.90. The van der Waals surface area contributed by atoms with Gasteiger partial charge in [-0.05, 0) is 42.0 Å². The Morgan fingerprint density at radius 2 is 2.00 bits per heavy atom. The molecule has 3 N–H and O–H groups in total. The fraction of sp³-hybridized carbons (Fsp3) is 0.250. The highest BCUT2D eigenvalue weighted by molar-refractivity contribution is 7.09. The average molecular weight is 302 g/mol. The molecule has 1 aromatic carbocycles. The van der Waals surface area contributed by atoms with Crippen molar-refractivity contribution in [1.82, 2.24) is 5.32 Å². The van der Waals surface area contributed by atoms with Crippen molar-refractivity contribution in [2.45, 2.75) is 13.3 Å². The molecule has 1 atom stereocenters. The van der Waals surface area contributed by atoms with E-state index in [1.54, 1.807) is 29.5 Å². The summed E-state index contributed by atoms with van der Waals surface area (Å²) >= 11 is 1.72. The van der Waals surface area contributed by atoms with E-state index in [4.69, 9.17) is 5.73 Å². The first kappa shape index (κ1) is 15.3. The second-order valence-electron chi connectivity index (χ2n) is 5.04. The monoisotopic (exact) mass is 302 g/mol.